The first-order chi connectivity index (χ1) is 3.87. The lowest BCUT2D eigenvalue weighted by Crippen LogP contribution is -2.14. The number of nitriles is 1. The van der Waals surface area contributed by atoms with Gasteiger partial charge in [-0.05, 0) is 18.9 Å². The molecule has 2 atom stereocenters. The SMILES string of the molecule is N#CC12CNCC1C2.[HH]. The van der Waals surface area contributed by atoms with E-state index < -0.39 is 0 Å². The van der Waals surface area contributed by atoms with Gasteiger partial charge in [-0.3, -0.25) is 0 Å². The van der Waals surface area contributed by atoms with Crippen LogP contribution in [0.4, 0.5) is 0 Å². The first-order valence-electron chi connectivity index (χ1n) is 2.99. The lowest BCUT2D eigenvalue weighted by atomic mass is 10.1. The zero-order valence-electron chi connectivity index (χ0n) is 4.65. The molecule has 8 heavy (non-hydrogen) atoms. The van der Waals surface area contributed by atoms with Crippen LogP contribution < -0.4 is 5.32 Å². The molecule has 2 nitrogen and oxygen atoms in total. The first-order valence-corrected chi connectivity index (χ1v) is 2.99. The molecule has 1 aliphatic carbocycles. The molecule has 0 spiro atoms. The largest absolute Gasteiger partial charge is 0.315 e. The minimum Gasteiger partial charge on any atom is -0.315 e. The summed E-state index contributed by atoms with van der Waals surface area (Å²) in [4.78, 5) is 0. The van der Waals surface area contributed by atoms with Crippen molar-refractivity contribution in [1.29, 1.82) is 5.26 Å². The van der Waals surface area contributed by atoms with Crippen LogP contribution in [-0.2, 0) is 0 Å². The van der Waals surface area contributed by atoms with Gasteiger partial charge in [-0.1, -0.05) is 0 Å². The van der Waals surface area contributed by atoms with Crippen LogP contribution >= 0.6 is 0 Å². The highest BCUT2D eigenvalue weighted by Crippen LogP contribution is 2.54. The van der Waals surface area contributed by atoms with Crippen molar-refractivity contribution >= 4 is 0 Å². The quantitative estimate of drug-likeness (QED) is 0.489. The summed E-state index contributed by atoms with van der Waals surface area (Å²) in [6, 6.07) is 2.35. The summed E-state index contributed by atoms with van der Waals surface area (Å²) in [6.45, 7) is 2.02. The molecule has 44 valence electrons. The van der Waals surface area contributed by atoms with E-state index >= 15 is 0 Å². The predicted molar refractivity (Wildman–Crippen MR) is 31.1 cm³/mol. The molecule has 2 fully saturated rings. The number of nitrogens with zero attached hydrogens (tertiary/aromatic N) is 1. The van der Waals surface area contributed by atoms with Gasteiger partial charge in [-0.25, -0.2) is 0 Å². The molecule has 0 amide bonds. The lowest BCUT2D eigenvalue weighted by molar-refractivity contribution is 0.658. The highest BCUT2D eigenvalue weighted by Gasteiger charge is 2.57. The minimum absolute atomic E-state index is 0. The van der Waals surface area contributed by atoms with Crippen LogP contribution in [0.3, 0.4) is 0 Å². The Morgan fingerprint density at radius 1 is 1.88 bits per heavy atom. The summed E-state index contributed by atoms with van der Waals surface area (Å²) in [5.74, 6) is 0.701. The summed E-state index contributed by atoms with van der Waals surface area (Å²) >= 11 is 0. The average molecular weight is 110 g/mol. The molecule has 0 radical (unpaired) electrons. The van der Waals surface area contributed by atoms with E-state index in [4.69, 9.17) is 5.26 Å². The van der Waals surface area contributed by atoms with Crippen LogP contribution in [0, 0.1) is 22.7 Å². The molecular weight excluding hydrogens is 100 g/mol. The number of piperidine rings is 1. The van der Waals surface area contributed by atoms with Crippen molar-refractivity contribution in [2.45, 2.75) is 6.42 Å². The molecule has 1 N–H and O–H groups in total. The smallest absolute Gasteiger partial charge is 0.0742 e. The van der Waals surface area contributed by atoms with E-state index in [2.05, 4.69) is 11.4 Å². The Balaban J connectivity index is 0.000000405. The topological polar surface area (TPSA) is 35.8 Å². The molecule has 1 saturated heterocycles. The normalized spacial score (nSPS) is 50.1. The van der Waals surface area contributed by atoms with Gasteiger partial charge in [-0.15, -0.1) is 0 Å². The van der Waals surface area contributed by atoms with Crippen LogP contribution in [-0.4, -0.2) is 13.1 Å². The van der Waals surface area contributed by atoms with Gasteiger partial charge in [-0.2, -0.15) is 5.26 Å². The summed E-state index contributed by atoms with van der Waals surface area (Å²) in [7, 11) is 0. The monoisotopic (exact) mass is 110 g/mol. The summed E-state index contributed by atoms with van der Waals surface area (Å²) < 4.78 is 0. The molecule has 2 heteroatoms. The molecule has 2 rings (SSSR count). The van der Waals surface area contributed by atoms with Crippen LogP contribution in [0.5, 0.6) is 0 Å². The second-order valence-electron chi connectivity index (χ2n) is 2.80. The van der Waals surface area contributed by atoms with E-state index in [0.29, 0.717) is 5.92 Å². The van der Waals surface area contributed by atoms with Gasteiger partial charge >= 0.3 is 0 Å². The molecule has 0 aromatic rings. The van der Waals surface area contributed by atoms with E-state index in [0.717, 1.165) is 19.5 Å². The highest BCUT2D eigenvalue weighted by atomic mass is 15.0. The fourth-order valence-electron chi connectivity index (χ4n) is 1.51. The Hall–Kier alpha value is -0.550. The fraction of sp³-hybridized carbons (Fsp3) is 0.833. The number of fused-ring (bicyclic) bond motifs is 1. The number of hydrogen-bond donors (Lipinski definition) is 1. The van der Waals surface area contributed by atoms with Gasteiger partial charge in [0, 0.05) is 7.97 Å². The molecule has 1 aliphatic heterocycles. The molecule has 0 bridgehead atoms. The molecule has 2 unspecified atom stereocenters. The Morgan fingerprint density at radius 3 is 3.00 bits per heavy atom. The first kappa shape index (κ1) is 4.34. The van der Waals surface area contributed by atoms with Crippen molar-refractivity contribution in [2.75, 3.05) is 13.1 Å². The van der Waals surface area contributed by atoms with E-state index in [1.807, 2.05) is 0 Å². The Bertz CT molecular complexity index is 163. The van der Waals surface area contributed by atoms with Gasteiger partial charge in [0.1, 0.15) is 0 Å². The van der Waals surface area contributed by atoms with Crippen molar-refractivity contribution in [2.24, 2.45) is 11.3 Å². The van der Waals surface area contributed by atoms with Crippen molar-refractivity contribution in [3.63, 3.8) is 0 Å². The van der Waals surface area contributed by atoms with Gasteiger partial charge in [0.2, 0.25) is 0 Å². The van der Waals surface area contributed by atoms with Gasteiger partial charge in [0.25, 0.3) is 0 Å². The van der Waals surface area contributed by atoms with E-state index in [1.165, 1.54) is 0 Å². The summed E-state index contributed by atoms with van der Waals surface area (Å²) in [5.41, 5.74) is 0.0972. The van der Waals surface area contributed by atoms with Crippen LogP contribution in [0.2, 0.25) is 0 Å². The standard InChI is InChI=1S/C6H8N2.H2/c7-3-6-1-5(6)2-8-4-6;/h5,8H,1-2,4H2;1H. The van der Waals surface area contributed by atoms with E-state index in [-0.39, 0.29) is 6.84 Å². The average Bonchev–Trinajstić information content (AvgIpc) is 2.38. The maximum atomic E-state index is 8.58. The van der Waals surface area contributed by atoms with Crippen LogP contribution in [0.25, 0.3) is 0 Å². The fourth-order valence-corrected chi connectivity index (χ4v) is 1.51. The highest BCUT2D eigenvalue weighted by molar-refractivity contribution is 5.20. The Labute approximate surface area is 50.0 Å². The third kappa shape index (κ3) is 0.317. The maximum absolute atomic E-state index is 8.58. The van der Waals surface area contributed by atoms with Crippen molar-refractivity contribution in [1.82, 2.24) is 5.32 Å². The van der Waals surface area contributed by atoms with Gasteiger partial charge in [0.15, 0.2) is 0 Å². The number of nitrogens with one attached hydrogen (secondary N) is 1. The molecule has 1 saturated carbocycles. The Morgan fingerprint density at radius 2 is 2.75 bits per heavy atom. The van der Waals surface area contributed by atoms with E-state index in [1.54, 1.807) is 0 Å². The third-order valence-corrected chi connectivity index (χ3v) is 2.29. The molecule has 0 aromatic heterocycles. The van der Waals surface area contributed by atoms with Crippen molar-refractivity contribution < 1.29 is 1.43 Å². The third-order valence-electron chi connectivity index (χ3n) is 2.29. The predicted octanol–water partition coefficient (Wildman–Crippen LogP) is 0.365. The number of hydrogen-bond acceptors (Lipinski definition) is 2. The molecule has 2 aliphatic rings. The summed E-state index contributed by atoms with van der Waals surface area (Å²) in [6.07, 6.45) is 1.15. The van der Waals surface area contributed by atoms with E-state index in [9.17, 15) is 0 Å². The van der Waals surface area contributed by atoms with Crippen molar-refractivity contribution in [3.8, 4) is 6.07 Å². The summed E-state index contributed by atoms with van der Waals surface area (Å²) in [5, 5.41) is 11.8. The van der Waals surface area contributed by atoms with Crippen LogP contribution in [0.15, 0.2) is 0 Å². The Kier molecular flexibility index (Phi) is 0.575. The second-order valence-corrected chi connectivity index (χ2v) is 2.80. The second kappa shape index (κ2) is 1.06. The van der Waals surface area contributed by atoms with Gasteiger partial charge < -0.3 is 5.32 Å². The maximum Gasteiger partial charge on any atom is 0.0742 e. The molecular formula is C6H10N2. The zero-order valence-corrected chi connectivity index (χ0v) is 4.65. The molecule has 1 heterocycles. The lowest BCUT2D eigenvalue weighted by Gasteiger charge is -1.94. The van der Waals surface area contributed by atoms with Gasteiger partial charge in [0.05, 0.1) is 11.5 Å². The molecule has 0 aromatic carbocycles. The van der Waals surface area contributed by atoms with Crippen LogP contribution in [0.1, 0.15) is 7.85 Å². The zero-order chi connectivity index (χ0) is 5.61. The minimum atomic E-state index is 0. The van der Waals surface area contributed by atoms with Crippen molar-refractivity contribution in [3.05, 3.63) is 0 Å². The number of rotatable bonds is 0.